The van der Waals surface area contributed by atoms with Crippen molar-refractivity contribution in [3.63, 3.8) is 0 Å². The Morgan fingerprint density at radius 2 is 2.04 bits per heavy atom. The highest BCUT2D eigenvalue weighted by Crippen LogP contribution is 2.29. The van der Waals surface area contributed by atoms with Crippen LogP contribution in [0.25, 0.3) is 11.0 Å². The highest BCUT2D eigenvalue weighted by molar-refractivity contribution is 6.08. The van der Waals surface area contributed by atoms with Crippen LogP contribution in [0.4, 0.5) is 10.6 Å². The van der Waals surface area contributed by atoms with E-state index in [0.29, 0.717) is 30.0 Å². The molecule has 2 saturated heterocycles. The first-order chi connectivity index (χ1) is 12.9. The van der Waals surface area contributed by atoms with Gasteiger partial charge in [-0.1, -0.05) is 11.2 Å². The van der Waals surface area contributed by atoms with Gasteiger partial charge in [-0.05, 0) is 38.6 Å². The Bertz CT molecular complexity index is 879. The molecule has 3 amide bonds. The molecule has 0 saturated carbocycles. The lowest BCUT2D eigenvalue weighted by atomic mass is 10.1. The summed E-state index contributed by atoms with van der Waals surface area (Å²) in [6, 6.07) is 6.54. The van der Waals surface area contributed by atoms with Crippen LogP contribution in [0.2, 0.25) is 0 Å². The van der Waals surface area contributed by atoms with Crippen molar-refractivity contribution >= 4 is 28.7 Å². The molecule has 0 radical (unpaired) electrons. The van der Waals surface area contributed by atoms with E-state index in [9.17, 15) is 9.59 Å². The molecule has 4 rings (SSSR count). The van der Waals surface area contributed by atoms with E-state index in [-0.39, 0.29) is 12.3 Å². The van der Waals surface area contributed by atoms with Crippen molar-refractivity contribution in [1.29, 1.82) is 0 Å². The zero-order chi connectivity index (χ0) is 19.1. The van der Waals surface area contributed by atoms with E-state index in [1.54, 1.807) is 0 Å². The van der Waals surface area contributed by atoms with Gasteiger partial charge in [-0.2, -0.15) is 0 Å². The summed E-state index contributed by atoms with van der Waals surface area (Å²) in [5.41, 5.74) is 1.79. The predicted octanol–water partition coefficient (Wildman–Crippen LogP) is 1.80. The first kappa shape index (κ1) is 17.9. The normalized spacial score (nSPS) is 25.2. The molecule has 1 aromatic carbocycles. The number of benzene rings is 1. The summed E-state index contributed by atoms with van der Waals surface area (Å²) in [6.45, 7) is 7.71. The van der Waals surface area contributed by atoms with E-state index >= 15 is 0 Å². The molecule has 2 aliphatic rings. The molecule has 8 nitrogen and oxygen atoms in total. The Labute approximate surface area is 158 Å². The molecule has 0 aliphatic carbocycles. The first-order valence-corrected chi connectivity index (χ1v) is 9.36. The lowest BCUT2D eigenvalue weighted by Gasteiger charge is -2.42. The molecule has 0 unspecified atom stereocenters. The average Bonchev–Trinajstić information content (AvgIpc) is 3.03. The third kappa shape index (κ3) is 3.42. The number of aromatic nitrogens is 1. The van der Waals surface area contributed by atoms with E-state index < -0.39 is 6.03 Å². The maximum atomic E-state index is 12.2. The van der Waals surface area contributed by atoms with E-state index in [1.807, 2.05) is 18.2 Å². The molecule has 0 spiro atoms. The molecule has 2 aliphatic heterocycles. The number of nitrogens with zero attached hydrogens (tertiary/aromatic N) is 4. The van der Waals surface area contributed by atoms with Gasteiger partial charge in [0.25, 0.3) is 0 Å². The number of rotatable bonds is 3. The lowest BCUT2D eigenvalue weighted by Crippen LogP contribution is -2.54. The fraction of sp³-hybridized carbons (Fsp3) is 0.526. The number of hydrogen-bond acceptors (Lipinski definition) is 6. The molecular weight excluding hydrogens is 346 g/mol. The number of urea groups is 1. The Morgan fingerprint density at radius 3 is 2.81 bits per heavy atom. The van der Waals surface area contributed by atoms with Crippen LogP contribution in [0.5, 0.6) is 0 Å². The minimum atomic E-state index is -0.451. The Balaban J connectivity index is 1.59. The summed E-state index contributed by atoms with van der Waals surface area (Å²) in [4.78, 5) is 29.9. The SMILES string of the molecule is C[C@H]1CN(Cc2ccc3onc(N4CCC(=O)NC4=O)c3c2)[C@@H](C)CN1C. The molecular formula is C19H25N5O3. The number of piperazine rings is 1. The number of likely N-dealkylation sites (N-methyl/N-ethyl adjacent to an activating group) is 1. The van der Waals surface area contributed by atoms with Gasteiger partial charge in [0.05, 0.1) is 5.39 Å². The van der Waals surface area contributed by atoms with Crippen molar-refractivity contribution in [2.75, 3.05) is 31.6 Å². The van der Waals surface area contributed by atoms with Crippen LogP contribution in [0.3, 0.4) is 0 Å². The van der Waals surface area contributed by atoms with Crippen LogP contribution in [0.1, 0.15) is 25.8 Å². The highest BCUT2D eigenvalue weighted by atomic mass is 16.5. The molecule has 2 atom stereocenters. The molecule has 27 heavy (non-hydrogen) atoms. The second kappa shape index (κ2) is 6.94. The number of carbonyl (C=O) groups is 2. The van der Waals surface area contributed by atoms with Crippen LogP contribution < -0.4 is 10.2 Å². The second-order valence-corrected chi connectivity index (χ2v) is 7.66. The second-order valence-electron chi connectivity index (χ2n) is 7.66. The van der Waals surface area contributed by atoms with Gasteiger partial charge >= 0.3 is 6.03 Å². The third-order valence-electron chi connectivity index (χ3n) is 5.64. The third-order valence-corrected chi connectivity index (χ3v) is 5.64. The summed E-state index contributed by atoms with van der Waals surface area (Å²) >= 11 is 0. The molecule has 0 bridgehead atoms. The summed E-state index contributed by atoms with van der Waals surface area (Å²) in [5, 5.41) is 7.21. The number of carbonyl (C=O) groups excluding carboxylic acids is 2. The molecule has 3 heterocycles. The quantitative estimate of drug-likeness (QED) is 0.886. The van der Waals surface area contributed by atoms with Gasteiger partial charge < -0.3 is 9.42 Å². The summed E-state index contributed by atoms with van der Waals surface area (Å²) < 4.78 is 5.40. The number of imide groups is 1. The van der Waals surface area contributed by atoms with Gasteiger partial charge in [0.2, 0.25) is 5.91 Å². The smallest absolute Gasteiger partial charge is 0.329 e. The van der Waals surface area contributed by atoms with Crippen molar-refractivity contribution in [1.82, 2.24) is 20.3 Å². The molecule has 2 aromatic rings. The number of fused-ring (bicyclic) bond motifs is 1. The first-order valence-electron chi connectivity index (χ1n) is 9.36. The summed E-state index contributed by atoms with van der Waals surface area (Å²) in [7, 11) is 2.17. The van der Waals surface area contributed by atoms with E-state index in [1.165, 1.54) is 4.90 Å². The number of anilines is 1. The summed E-state index contributed by atoms with van der Waals surface area (Å²) in [5.74, 6) is 0.208. The van der Waals surface area contributed by atoms with Gasteiger partial charge in [0.1, 0.15) is 0 Å². The maximum absolute atomic E-state index is 12.2. The van der Waals surface area contributed by atoms with E-state index in [0.717, 1.165) is 30.6 Å². The van der Waals surface area contributed by atoms with Crippen LogP contribution in [-0.2, 0) is 11.3 Å². The maximum Gasteiger partial charge on any atom is 0.329 e. The van der Waals surface area contributed by atoms with Gasteiger partial charge in [0, 0.05) is 44.7 Å². The van der Waals surface area contributed by atoms with Crippen LogP contribution in [0, 0.1) is 0 Å². The standard InChI is InChI=1S/C19H25N5O3/c1-12-10-23(13(2)9-22(12)3)11-14-4-5-16-15(8-14)18(21-27-16)24-7-6-17(25)20-19(24)26/h4-5,8,12-13H,6-7,9-11H2,1-3H3,(H,20,25,26)/t12-,13-/m0/s1. The van der Waals surface area contributed by atoms with Crippen molar-refractivity contribution in [3.8, 4) is 0 Å². The minimum Gasteiger partial charge on any atom is -0.354 e. The van der Waals surface area contributed by atoms with Crippen LogP contribution in [0.15, 0.2) is 22.7 Å². The average molecular weight is 371 g/mol. The zero-order valence-corrected chi connectivity index (χ0v) is 15.9. The number of hydrogen-bond donors (Lipinski definition) is 1. The molecule has 144 valence electrons. The molecule has 2 fully saturated rings. The van der Waals surface area contributed by atoms with Crippen LogP contribution >= 0.6 is 0 Å². The van der Waals surface area contributed by atoms with Gasteiger partial charge in [-0.15, -0.1) is 0 Å². The van der Waals surface area contributed by atoms with Gasteiger partial charge in [0.15, 0.2) is 11.4 Å². The largest absolute Gasteiger partial charge is 0.354 e. The lowest BCUT2D eigenvalue weighted by molar-refractivity contribution is -0.120. The number of nitrogens with one attached hydrogen (secondary N) is 1. The molecule has 1 N–H and O–H groups in total. The van der Waals surface area contributed by atoms with Crippen molar-refractivity contribution < 1.29 is 14.1 Å². The fourth-order valence-electron chi connectivity index (χ4n) is 3.86. The zero-order valence-electron chi connectivity index (χ0n) is 15.9. The fourth-order valence-corrected chi connectivity index (χ4v) is 3.86. The predicted molar refractivity (Wildman–Crippen MR) is 101 cm³/mol. The van der Waals surface area contributed by atoms with Gasteiger partial charge in [-0.25, -0.2) is 4.79 Å². The monoisotopic (exact) mass is 371 g/mol. The topological polar surface area (TPSA) is 81.9 Å². The van der Waals surface area contributed by atoms with Crippen molar-refractivity contribution in [3.05, 3.63) is 23.8 Å². The highest BCUT2D eigenvalue weighted by Gasteiger charge is 2.29. The van der Waals surface area contributed by atoms with E-state index in [4.69, 9.17) is 4.52 Å². The van der Waals surface area contributed by atoms with Crippen molar-refractivity contribution in [2.45, 2.75) is 38.9 Å². The number of amides is 3. The Hall–Kier alpha value is -2.45. The van der Waals surface area contributed by atoms with Gasteiger partial charge in [-0.3, -0.25) is 19.9 Å². The summed E-state index contributed by atoms with van der Waals surface area (Å²) in [6.07, 6.45) is 0.260. The Morgan fingerprint density at radius 1 is 1.22 bits per heavy atom. The van der Waals surface area contributed by atoms with Crippen LogP contribution in [-0.4, -0.2) is 65.7 Å². The Kier molecular flexibility index (Phi) is 4.61. The molecule has 1 aromatic heterocycles. The van der Waals surface area contributed by atoms with Crippen molar-refractivity contribution in [2.24, 2.45) is 0 Å². The van der Waals surface area contributed by atoms with E-state index in [2.05, 4.69) is 41.2 Å². The molecule has 8 heteroatoms. The minimum absolute atomic E-state index is 0.260.